The Morgan fingerprint density at radius 2 is 1.57 bits per heavy atom. The van der Waals surface area contributed by atoms with Crippen molar-refractivity contribution in [3.63, 3.8) is 0 Å². The Balaban J connectivity index is 0.00000145. The van der Waals surface area contributed by atoms with Crippen LogP contribution in [-0.2, 0) is 0 Å². The van der Waals surface area contributed by atoms with Crippen LogP contribution in [0.1, 0.15) is 45.6 Å². The molecule has 2 aromatic rings. The molecular formula is C25H37ClN2O7. The minimum Gasteiger partial charge on any atom is -1.00 e. The quantitative estimate of drug-likeness (QED) is 0.417. The molecule has 1 aliphatic heterocycles. The van der Waals surface area contributed by atoms with E-state index < -0.39 is 0 Å². The summed E-state index contributed by atoms with van der Waals surface area (Å²) >= 11 is 0. The maximum Gasteiger partial charge on any atom is 0.254 e. The number of ketones is 1. The Labute approximate surface area is 213 Å². The van der Waals surface area contributed by atoms with Gasteiger partial charge in [0.15, 0.2) is 17.3 Å². The number of benzene rings is 1. The molecule has 1 amide bonds. The van der Waals surface area contributed by atoms with Crippen molar-refractivity contribution < 1.29 is 50.6 Å². The number of aliphatic hydroxyl groups excluding tert-OH is 1. The van der Waals surface area contributed by atoms with Crippen molar-refractivity contribution >= 4 is 11.7 Å². The van der Waals surface area contributed by atoms with E-state index in [4.69, 9.17) is 23.7 Å². The van der Waals surface area contributed by atoms with Crippen molar-refractivity contribution in [3.8, 4) is 17.2 Å². The number of halogens is 1. The fourth-order valence-electron chi connectivity index (χ4n) is 4.00. The van der Waals surface area contributed by atoms with Gasteiger partial charge >= 0.3 is 0 Å². The van der Waals surface area contributed by atoms with Gasteiger partial charge in [-0.1, -0.05) is 0 Å². The van der Waals surface area contributed by atoms with Crippen LogP contribution in [0.4, 0.5) is 0 Å². The average molecular weight is 513 g/mol. The molecule has 1 saturated heterocycles. The first-order valence-electron chi connectivity index (χ1n) is 11.4. The third-order valence-corrected chi connectivity index (χ3v) is 5.72. The predicted octanol–water partition coefficient (Wildman–Crippen LogP) is -1.46. The molecule has 0 spiro atoms. The van der Waals surface area contributed by atoms with E-state index in [0.29, 0.717) is 53.6 Å². The molecule has 0 radical (unpaired) electrons. The summed E-state index contributed by atoms with van der Waals surface area (Å²) in [6.45, 7) is 9.19. The average Bonchev–Trinajstić information content (AvgIpc) is 3.19. The van der Waals surface area contributed by atoms with E-state index in [1.807, 2.05) is 18.7 Å². The van der Waals surface area contributed by atoms with Crippen LogP contribution in [0.15, 0.2) is 22.6 Å². The Kier molecular flexibility index (Phi) is 12.6. The SMILES string of the molecule is CCO.COc1cc(C(=O)N2CC[NH+](CCC(=O)c3cc(C)oc3C)CC2)cc(OC)c1OC.[Cl-]. The molecule has 35 heavy (non-hydrogen) atoms. The molecule has 0 unspecified atom stereocenters. The summed E-state index contributed by atoms with van der Waals surface area (Å²) in [5.41, 5.74) is 1.17. The van der Waals surface area contributed by atoms with Gasteiger partial charge in [-0.15, -0.1) is 0 Å². The van der Waals surface area contributed by atoms with Crippen LogP contribution in [0.3, 0.4) is 0 Å². The summed E-state index contributed by atoms with van der Waals surface area (Å²) < 4.78 is 21.5. The number of aryl methyl sites for hydroxylation is 2. The van der Waals surface area contributed by atoms with Crippen LogP contribution in [0.5, 0.6) is 17.2 Å². The highest BCUT2D eigenvalue weighted by atomic mass is 35.5. The van der Waals surface area contributed by atoms with Crippen molar-refractivity contribution in [1.29, 1.82) is 0 Å². The van der Waals surface area contributed by atoms with Crippen LogP contribution < -0.4 is 31.5 Å². The number of methoxy groups -OCH3 is 3. The lowest BCUT2D eigenvalue weighted by atomic mass is 10.1. The largest absolute Gasteiger partial charge is 1.00 e. The Morgan fingerprint density at radius 1 is 1.03 bits per heavy atom. The molecule has 2 N–H and O–H groups in total. The zero-order chi connectivity index (χ0) is 25.3. The van der Waals surface area contributed by atoms with E-state index in [1.165, 1.54) is 26.2 Å². The van der Waals surface area contributed by atoms with Crippen LogP contribution >= 0.6 is 0 Å². The molecule has 1 aliphatic rings. The summed E-state index contributed by atoms with van der Waals surface area (Å²) in [4.78, 5) is 28.7. The summed E-state index contributed by atoms with van der Waals surface area (Å²) in [6, 6.07) is 5.16. The number of rotatable bonds is 8. The lowest BCUT2D eigenvalue weighted by Gasteiger charge is -2.32. The van der Waals surface area contributed by atoms with Gasteiger partial charge in [0.2, 0.25) is 5.75 Å². The molecule has 10 heteroatoms. The molecule has 2 heterocycles. The number of carbonyl (C=O) groups excluding carboxylic acids is 2. The molecule has 0 bridgehead atoms. The number of amides is 1. The first-order valence-corrected chi connectivity index (χ1v) is 11.4. The highest BCUT2D eigenvalue weighted by Crippen LogP contribution is 2.38. The fraction of sp³-hybridized carbons (Fsp3) is 0.520. The lowest BCUT2D eigenvalue weighted by molar-refractivity contribution is -0.903. The second-order valence-corrected chi connectivity index (χ2v) is 8.02. The number of quaternary nitrogens is 1. The van der Waals surface area contributed by atoms with Crippen molar-refractivity contribution in [3.05, 3.63) is 40.8 Å². The first kappa shape index (κ1) is 30.3. The Morgan fingerprint density at radius 3 is 2.00 bits per heavy atom. The number of nitrogens with one attached hydrogen (secondary N) is 1. The minimum atomic E-state index is -0.0705. The maximum absolute atomic E-state index is 13.0. The summed E-state index contributed by atoms with van der Waals surface area (Å²) in [7, 11) is 4.59. The number of Topliss-reactive ketones (excluding diaryl/α,β-unsaturated/α-hetero) is 1. The smallest absolute Gasteiger partial charge is 0.254 e. The number of piperazine rings is 1. The Bertz CT molecular complexity index is 944. The molecule has 9 nitrogen and oxygen atoms in total. The van der Waals surface area contributed by atoms with E-state index in [1.54, 1.807) is 25.1 Å². The third-order valence-electron chi connectivity index (χ3n) is 5.72. The summed E-state index contributed by atoms with van der Waals surface area (Å²) in [5.74, 6) is 2.85. The monoisotopic (exact) mass is 512 g/mol. The van der Waals surface area contributed by atoms with Gasteiger partial charge in [0, 0.05) is 12.2 Å². The molecule has 0 saturated carbocycles. The standard InChI is InChI=1S/C23H30N2O6.C2H6O.ClH/c1-15-12-18(16(2)31-15)19(26)6-7-24-8-10-25(11-9-24)23(27)17-13-20(28-3)22(30-5)21(14-17)29-4;1-2-3;/h12-14H,6-11H2,1-5H3;3H,2H2,1H3;1H. The molecule has 1 fully saturated rings. The number of nitrogens with zero attached hydrogens (tertiary/aromatic N) is 1. The van der Waals surface area contributed by atoms with Crippen LogP contribution in [-0.4, -0.2) is 82.4 Å². The second-order valence-electron chi connectivity index (χ2n) is 8.02. The maximum atomic E-state index is 13.0. The van der Waals surface area contributed by atoms with E-state index >= 15 is 0 Å². The van der Waals surface area contributed by atoms with Crippen LogP contribution in [0.25, 0.3) is 0 Å². The van der Waals surface area contributed by atoms with Gasteiger partial charge in [-0.3, -0.25) is 9.59 Å². The summed E-state index contributed by atoms with van der Waals surface area (Å²) in [6.07, 6.45) is 0.468. The van der Waals surface area contributed by atoms with Gasteiger partial charge in [-0.05, 0) is 39.0 Å². The molecule has 196 valence electrons. The molecule has 3 rings (SSSR count). The van der Waals surface area contributed by atoms with E-state index in [0.717, 1.165) is 25.4 Å². The zero-order valence-electron chi connectivity index (χ0n) is 21.4. The number of furan rings is 1. The van der Waals surface area contributed by atoms with Gasteiger partial charge in [0.1, 0.15) is 11.5 Å². The van der Waals surface area contributed by atoms with Gasteiger partial charge < -0.3 is 45.9 Å². The highest BCUT2D eigenvalue weighted by molar-refractivity contribution is 5.97. The second kappa shape index (κ2) is 14.6. The molecule has 0 aliphatic carbocycles. The number of hydrogen-bond acceptors (Lipinski definition) is 7. The van der Waals surface area contributed by atoms with Gasteiger partial charge in [-0.25, -0.2) is 0 Å². The minimum absolute atomic E-state index is 0. The van der Waals surface area contributed by atoms with Crippen molar-refractivity contribution in [2.45, 2.75) is 27.2 Å². The normalized spacial score (nSPS) is 13.3. The lowest BCUT2D eigenvalue weighted by Crippen LogP contribution is -3.14. The third kappa shape index (κ3) is 7.88. The van der Waals surface area contributed by atoms with Crippen molar-refractivity contribution in [2.24, 2.45) is 0 Å². The first-order chi connectivity index (χ1) is 16.3. The number of carbonyl (C=O) groups is 2. The molecule has 1 aromatic heterocycles. The predicted molar refractivity (Wildman–Crippen MR) is 127 cm³/mol. The molecule has 1 aromatic carbocycles. The molecular weight excluding hydrogens is 476 g/mol. The topological polar surface area (TPSA) is 103 Å². The fourth-order valence-corrected chi connectivity index (χ4v) is 4.00. The van der Waals surface area contributed by atoms with Crippen LogP contribution in [0.2, 0.25) is 0 Å². The summed E-state index contributed by atoms with van der Waals surface area (Å²) in [5, 5.41) is 7.57. The van der Waals surface area contributed by atoms with E-state index in [9.17, 15) is 9.59 Å². The van der Waals surface area contributed by atoms with E-state index in [2.05, 4.69) is 0 Å². The van der Waals surface area contributed by atoms with Crippen LogP contribution in [0, 0.1) is 13.8 Å². The van der Waals surface area contributed by atoms with Gasteiger partial charge in [-0.2, -0.15) is 0 Å². The number of aliphatic hydroxyl groups is 1. The zero-order valence-corrected chi connectivity index (χ0v) is 22.2. The van der Waals surface area contributed by atoms with Crippen molar-refractivity contribution in [2.75, 3.05) is 60.7 Å². The van der Waals surface area contributed by atoms with Gasteiger partial charge in [0.25, 0.3) is 5.91 Å². The number of hydrogen-bond donors (Lipinski definition) is 2. The number of ether oxygens (including phenoxy) is 3. The highest BCUT2D eigenvalue weighted by Gasteiger charge is 2.27. The molecule has 0 atom stereocenters. The Hall–Kier alpha value is -2.75. The van der Waals surface area contributed by atoms with Gasteiger partial charge in [0.05, 0.1) is 66.0 Å². The van der Waals surface area contributed by atoms with Crippen molar-refractivity contribution in [1.82, 2.24) is 4.90 Å². The van der Waals surface area contributed by atoms with E-state index in [-0.39, 0.29) is 30.7 Å².